The van der Waals surface area contributed by atoms with Gasteiger partial charge in [-0.1, -0.05) is 45.0 Å². The molecule has 0 saturated carbocycles. The molecule has 0 spiro atoms. The van der Waals surface area contributed by atoms with Gasteiger partial charge >= 0.3 is 0 Å². The molecule has 1 aliphatic rings. The summed E-state index contributed by atoms with van der Waals surface area (Å²) in [4.78, 5) is 2.30. The van der Waals surface area contributed by atoms with Crippen molar-refractivity contribution in [2.75, 3.05) is 13.1 Å². The van der Waals surface area contributed by atoms with Gasteiger partial charge in [0.05, 0.1) is 6.07 Å². The van der Waals surface area contributed by atoms with E-state index in [4.69, 9.17) is 0 Å². The molecule has 0 heterocycles. The van der Waals surface area contributed by atoms with Crippen molar-refractivity contribution >= 4 is 0 Å². The molecule has 1 aliphatic carbocycles. The van der Waals surface area contributed by atoms with Gasteiger partial charge in [0, 0.05) is 0 Å². The lowest BCUT2D eigenvalue weighted by atomic mass is 9.72. The van der Waals surface area contributed by atoms with Gasteiger partial charge in [-0.25, -0.2) is 0 Å². The summed E-state index contributed by atoms with van der Waals surface area (Å²) >= 11 is 0. The number of benzene rings is 1. The third-order valence-electron chi connectivity index (χ3n) is 4.36. The lowest BCUT2D eigenvalue weighted by Crippen LogP contribution is -2.47. The quantitative estimate of drug-likeness (QED) is 0.809. The fourth-order valence-electron chi connectivity index (χ4n) is 3.30. The summed E-state index contributed by atoms with van der Waals surface area (Å²) in [6, 6.07) is 11.1. The highest BCUT2D eigenvalue weighted by Gasteiger charge is 2.42. The molecule has 96 valence electrons. The van der Waals surface area contributed by atoms with Crippen LogP contribution in [0.2, 0.25) is 0 Å². The number of hydrogen-bond acceptors (Lipinski definition) is 2. The van der Waals surface area contributed by atoms with E-state index in [1.165, 1.54) is 11.1 Å². The third-order valence-corrected chi connectivity index (χ3v) is 4.36. The highest BCUT2D eigenvalue weighted by molar-refractivity contribution is 5.42. The largest absolute Gasteiger partial charge is 0.282 e. The van der Waals surface area contributed by atoms with Crippen LogP contribution >= 0.6 is 0 Å². The van der Waals surface area contributed by atoms with Crippen molar-refractivity contribution in [1.29, 1.82) is 5.26 Å². The van der Waals surface area contributed by atoms with Gasteiger partial charge in [0.1, 0.15) is 5.54 Å². The molecule has 2 unspecified atom stereocenters. The van der Waals surface area contributed by atoms with Crippen LogP contribution in [0, 0.1) is 11.3 Å². The smallest absolute Gasteiger partial charge is 0.135 e. The zero-order chi connectivity index (χ0) is 13.2. The third kappa shape index (κ3) is 1.83. The Morgan fingerprint density at radius 2 is 2.00 bits per heavy atom. The predicted octanol–water partition coefficient (Wildman–Crippen LogP) is 3.64. The van der Waals surface area contributed by atoms with E-state index in [1.54, 1.807) is 0 Å². The molecule has 0 fully saturated rings. The number of nitriles is 1. The molecule has 2 atom stereocenters. The summed E-state index contributed by atoms with van der Waals surface area (Å²) in [5.41, 5.74) is 2.18. The predicted molar refractivity (Wildman–Crippen MR) is 74.3 cm³/mol. The Morgan fingerprint density at radius 3 is 2.61 bits per heavy atom. The second kappa shape index (κ2) is 5.12. The average molecular weight is 242 g/mol. The van der Waals surface area contributed by atoms with Crippen molar-refractivity contribution in [3.05, 3.63) is 35.4 Å². The van der Waals surface area contributed by atoms with Crippen molar-refractivity contribution in [3.8, 4) is 6.07 Å². The maximum Gasteiger partial charge on any atom is 0.135 e. The van der Waals surface area contributed by atoms with Crippen molar-refractivity contribution in [1.82, 2.24) is 4.90 Å². The normalized spacial score (nSPS) is 26.7. The lowest BCUT2D eigenvalue weighted by molar-refractivity contribution is 0.127. The molecule has 2 heteroatoms. The van der Waals surface area contributed by atoms with E-state index in [0.29, 0.717) is 5.92 Å². The Kier molecular flexibility index (Phi) is 3.73. The molecule has 0 aromatic heterocycles. The van der Waals surface area contributed by atoms with Crippen molar-refractivity contribution < 1.29 is 0 Å². The van der Waals surface area contributed by atoms with Crippen LogP contribution in [0.1, 0.15) is 50.7 Å². The zero-order valence-electron chi connectivity index (χ0n) is 11.6. The Labute approximate surface area is 110 Å². The van der Waals surface area contributed by atoms with Gasteiger partial charge in [-0.15, -0.1) is 0 Å². The zero-order valence-corrected chi connectivity index (χ0v) is 11.6. The molecule has 0 N–H and O–H groups in total. The lowest BCUT2D eigenvalue weighted by Gasteiger charge is -2.43. The van der Waals surface area contributed by atoms with Gasteiger partial charge in [0.15, 0.2) is 0 Å². The van der Waals surface area contributed by atoms with E-state index >= 15 is 0 Å². The average Bonchev–Trinajstić information content (AvgIpc) is 2.43. The first-order valence-corrected chi connectivity index (χ1v) is 6.95. The highest BCUT2D eigenvalue weighted by Crippen LogP contribution is 2.44. The Balaban J connectivity index is 2.58. The van der Waals surface area contributed by atoms with Crippen LogP contribution in [0.15, 0.2) is 24.3 Å². The second-order valence-corrected chi connectivity index (χ2v) is 5.17. The standard InChI is InChI=1S/C16H22N2/c1-4-18(5-2)16(12-17)11-10-13(3)14-8-6-7-9-15(14)16/h6-9,13H,4-5,10-11H2,1-3H3. The first kappa shape index (κ1) is 13.1. The summed E-state index contributed by atoms with van der Waals surface area (Å²) in [6.45, 7) is 8.40. The number of nitrogens with zero attached hydrogens (tertiary/aromatic N) is 2. The SMILES string of the molecule is CCN(CC)C1(C#N)CCC(C)c2ccccc21. The maximum atomic E-state index is 9.82. The molecular formula is C16H22N2. The Bertz CT molecular complexity index is 456. The first-order chi connectivity index (χ1) is 8.69. The molecule has 18 heavy (non-hydrogen) atoms. The van der Waals surface area contributed by atoms with Crippen molar-refractivity contribution in [3.63, 3.8) is 0 Å². The Morgan fingerprint density at radius 1 is 1.33 bits per heavy atom. The van der Waals surface area contributed by atoms with Gasteiger partial charge in [0.2, 0.25) is 0 Å². The second-order valence-electron chi connectivity index (χ2n) is 5.17. The van der Waals surface area contributed by atoms with Gasteiger partial charge < -0.3 is 0 Å². The molecule has 0 bridgehead atoms. The summed E-state index contributed by atoms with van der Waals surface area (Å²) in [5, 5.41) is 9.82. The van der Waals surface area contributed by atoms with E-state index in [2.05, 4.69) is 56.0 Å². The van der Waals surface area contributed by atoms with E-state index in [-0.39, 0.29) is 0 Å². The fraction of sp³-hybridized carbons (Fsp3) is 0.562. The van der Waals surface area contributed by atoms with Crippen LogP contribution in [0.4, 0.5) is 0 Å². The van der Waals surface area contributed by atoms with Crippen LogP contribution in [0.25, 0.3) is 0 Å². The molecule has 1 aromatic carbocycles. The summed E-state index contributed by atoms with van der Waals surface area (Å²) in [6.07, 6.45) is 2.05. The summed E-state index contributed by atoms with van der Waals surface area (Å²) in [5.74, 6) is 0.568. The van der Waals surface area contributed by atoms with Crippen molar-refractivity contribution in [2.45, 2.75) is 45.1 Å². The van der Waals surface area contributed by atoms with E-state index in [9.17, 15) is 5.26 Å². The van der Waals surface area contributed by atoms with Crippen LogP contribution < -0.4 is 0 Å². The minimum Gasteiger partial charge on any atom is -0.282 e. The van der Waals surface area contributed by atoms with Crippen LogP contribution in [0.5, 0.6) is 0 Å². The van der Waals surface area contributed by atoms with E-state index < -0.39 is 5.54 Å². The van der Waals surface area contributed by atoms with Crippen LogP contribution in [0.3, 0.4) is 0 Å². The molecule has 1 aromatic rings. The molecular weight excluding hydrogens is 220 g/mol. The Hall–Kier alpha value is -1.33. The monoisotopic (exact) mass is 242 g/mol. The number of hydrogen-bond donors (Lipinski definition) is 0. The first-order valence-electron chi connectivity index (χ1n) is 6.95. The molecule has 0 aliphatic heterocycles. The molecule has 0 radical (unpaired) electrons. The van der Waals surface area contributed by atoms with Gasteiger partial charge in [-0.2, -0.15) is 5.26 Å². The fourth-order valence-corrected chi connectivity index (χ4v) is 3.30. The molecule has 0 amide bonds. The van der Waals surface area contributed by atoms with Crippen LogP contribution in [-0.4, -0.2) is 18.0 Å². The van der Waals surface area contributed by atoms with Gasteiger partial charge in [-0.05, 0) is 43.0 Å². The summed E-state index contributed by atoms with van der Waals surface area (Å²) < 4.78 is 0. The molecule has 2 nitrogen and oxygen atoms in total. The number of fused-ring (bicyclic) bond motifs is 1. The molecule has 2 rings (SSSR count). The van der Waals surface area contributed by atoms with Crippen molar-refractivity contribution in [2.24, 2.45) is 0 Å². The van der Waals surface area contributed by atoms with Gasteiger partial charge in [-0.3, -0.25) is 4.90 Å². The van der Waals surface area contributed by atoms with Gasteiger partial charge in [0.25, 0.3) is 0 Å². The number of rotatable bonds is 3. The maximum absolute atomic E-state index is 9.82. The topological polar surface area (TPSA) is 27.0 Å². The van der Waals surface area contributed by atoms with Crippen LogP contribution in [-0.2, 0) is 5.54 Å². The van der Waals surface area contributed by atoms with E-state index in [0.717, 1.165) is 25.9 Å². The summed E-state index contributed by atoms with van der Waals surface area (Å²) in [7, 11) is 0. The minimum absolute atomic E-state index is 0.410. The highest BCUT2D eigenvalue weighted by atomic mass is 15.2. The van der Waals surface area contributed by atoms with E-state index in [1.807, 2.05) is 0 Å². The minimum atomic E-state index is -0.410. The molecule has 0 saturated heterocycles.